The molecule has 0 aliphatic rings. The standard InChI is InChI=1S/C14H31N2O.C3H8.K/c1-4-6-7-10-15-11-12-16-17-13-8-9-14(3)5-2;1-3-2;/h14-15H,4-13H2,1-3H3;3H2,1-2H3;/q-1;;+1. The van der Waals surface area contributed by atoms with Crippen LogP contribution in [-0.2, 0) is 4.84 Å². The molecular weight excluding hydrogens is 287 g/mol. The molecule has 0 saturated carbocycles. The maximum atomic E-state index is 5.24. The van der Waals surface area contributed by atoms with Gasteiger partial charge in [-0.1, -0.05) is 60.3 Å². The molecule has 0 aromatic carbocycles. The largest absolute Gasteiger partial charge is 1.00 e. The second-order valence-corrected chi connectivity index (χ2v) is 5.51. The van der Waals surface area contributed by atoms with Crippen molar-refractivity contribution in [2.24, 2.45) is 5.92 Å². The molecule has 0 saturated heterocycles. The summed E-state index contributed by atoms with van der Waals surface area (Å²) in [6.45, 7) is 14.6. The van der Waals surface area contributed by atoms with Gasteiger partial charge in [0.25, 0.3) is 0 Å². The van der Waals surface area contributed by atoms with Crippen LogP contribution in [0.15, 0.2) is 0 Å². The Morgan fingerprint density at radius 2 is 1.67 bits per heavy atom. The first-order valence-electron chi connectivity index (χ1n) is 8.72. The molecule has 0 fully saturated rings. The predicted octanol–water partition coefficient (Wildman–Crippen LogP) is 2.32. The summed E-state index contributed by atoms with van der Waals surface area (Å²) in [6, 6.07) is 0. The topological polar surface area (TPSA) is 35.4 Å². The summed E-state index contributed by atoms with van der Waals surface area (Å²) in [5.41, 5.74) is 4.05. The van der Waals surface area contributed by atoms with Crippen LogP contribution in [0.3, 0.4) is 0 Å². The van der Waals surface area contributed by atoms with E-state index in [9.17, 15) is 0 Å². The minimum atomic E-state index is 0. The number of rotatable bonds is 13. The molecule has 3 nitrogen and oxygen atoms in total. The zero-order chi connectivity index (χ0) is 15.5. The molecule has 0 spiro atoms. The van der Waals surface area contributed by atoms with Gasteiger partial charge in [0.05, 0.1) is 0 Å². The first-order chi connectivity index (χ1) is 9.72. The Labute approximate surface area is 177 Å². The van der Waals surface area contributed by atoms with Gasteiger partial charge in [-0.25, -0.2) is 0 Å². The first-order valence-corrected chi connectivity index (χ1v) is 8.72. The Hall–Kier alpha value is 1.52. The molecule has 0 aromatic heterocycles. The van der Waals surface area contributed by atoms with Crippen molar-refractivity contribution in [1.82, 2.24) is 5.32 Å². The van der Waals surface area contributed by atoms with Gasteiger partial charge < -0.3 is 15.6 Å². The van der Waals surface area contributed by atoms with Crippen molar-refractivity contribution in [3.63, 3.8) is 0 Å². The molecule has 124 valence electrons. The Morgan fingerprint density at radius 3 is 2.24 bits per heavy atom. The van der Waals surface area contributed by atoms with Crippen molar-refractivity contribution in [1.29, 1.82) is 0 Å². The summed E-state index contributed by atoms with van der Waals surface area (Å²) in [5.74, 6) is 0.818. The van der Waals surface area contributed by atoms with Crippen LogP contribution >= 0.6 is 0 Å². The van der Waals surface area contributed by atoms with E-state index >= 15 is 0 Å². The molecule has 0 heterocycles. The second kappa shape index (κ2) is 26.4. The Balaban J connectivity index is -0.000000740. The Kier molecular flexibility index (Phi) is 34.4. The summed E-state index contributed by atoms with van der Waals surface area (Å²) >= 11 is 0. The van der Waals surface area contributed by atoms with Gasteiger partial charge in [0.15, 0.2) is 0 Å². The molecule has 0 aliphatic carbocycles. The van der Waals surface area contributed by atoms with Crippen LogP contribution < -0.4 is 56.7 Å². The van der Waals surface area contributed by atoms with E-state index in [4.69, 9.17) is 4.84 Å². The number of nitrogens with one attached hydrogen (secondary N) is 1. The molecule has 1 unspecified atom stereocenters. The van der Waals surface area contributed by atoms with Gasteiger partial charge in [0, 0.05) is 6.61 Å². The number of nitrogens with zero attached hydrogens (tertiary/aromatic N) is 1. The van der Waals surface area contributed by atoms with E-state index in [0.29, 0.717) is 0 Å². The molecule has 4 heteroatoms. The van der Waals surface area contributed by atoms with Crippen LogP contribution in [-0.4, -0.2) is 26.2 Å². The first kappa shape index (κ1) is 27.4. The Morgan fingerprint density at radius 1 is 1.00 bits per heavy atom. The van der Waals surface area contributed by atoms with Crippen molar-refractivity contribution in [3.8, 4) is 0 Å². The summed E-state index contributed by atoms with van der Waals surface area (Å²) in [5, 5.41) is 3.36. The molecule has 0 radical (unpaired) electrons. The number of hydrogen-bond donors (Lipinski definition) is 1. The van der Waals surface area contributed by atoms with E-state index in [-0.39, 0.29) is 51.4 Å². The van der Waals surface area contributed by atoms with Crippen molar-refractivity contribution < 1.29 is 56.2 Å². The van der Waals surface area contributed by atoms with Crippen molar-refractivity contribution in [2.45, 2.75) is 79.6 Å². The molecule has 0 bridgehead atoms. The smallest absolute Gasteiger partial charge is 0.533 e. The van der Waals surface area contributed by atoms with Gasteiger partial charge in [-0.2, -0.15) is 0 Å². The van der Waals surface area contributed by atoms with Crippen LogP contribution in [0.25, 0.3) is 5.48 Å². The molecular formula is C17H39KN2O. The molecule has 0 aromatic rings. The molecule has 1 atom stereocenters. The SMILES string of the molecule is CCC.CCCCCNCC[N-]OCCCC(C)CC.[K+]. The van der Waals surface area contributed by atoms with E-state index < -0.39 is 0 Å². The van der Waals surface area contributed by atoms with E-state index in [2.05, 4.69) is 45.4 Å². The van der Waals surface area contributed by atoms with Gasteiger partial charge in [0.2, 0.25) is 0 Å². The monoisotopic (exact) mass is 326 g/mol. The van der Waals surface area contributed by atoms with Crippen LogP contribution in [0, 0.1) is 5.92 Å². The normalized spacial score (nSPS) is 11.3. The summed E-state index contributed by atoms with van der Waals surface area (Å²) < 4.78 is 0. The fraction of sp³-hybridized carbons (Fsp3) is 1.00. The third-order valence-corrected chi connectivity index (χ3v) is 3.06. The van der Waals surface area contributed by atoms with Gasteiger partial charge in [-0.05, 0) is 38.3 Å². The molecule has 0 rings (SSSR count). The predicted molar refractivity (Wildman–Crippen MR) is 91.2 cm³/mol. The molecule has 1 N–H and O–H groups in total. The van der Waals surface area contributed by atoms with Crippen LogP contribution in [0.2, 0.25) is 0 Å². The van der Waals surface area contributed by atoms with Crippen molar-refractivity contribution in [3.05, 3.63) is 5.48 Å². The van der Waals surface area contributed by atoms with Gasteiger partial charge in [-0.15, -0.1) is 6.54 Å². The van der Waals surface area contributed by atoms with Gasteiger partial charge in [0.1, 0.15) is 0 Å². The summed E-state index contributed by atoms with van der Waals surface area (Å²) in [4.78, 5) is 5.24. The van der Waals surface area contributed by atoms with Crippen LogP contribution in [0.5, 0.6) is 0 Å². The fourth-order valence-corrected chi connectivity index (χ4v) is 1.58. The number of hydrogen-bond acceptors (Lipinski definition) is 2. The van der Waals surface area contributed by atoms with E-state index in [1.54, 1.807) is 0 Å². The third-order valence-electron chi connectivity index (χ3n) is 3.06. The summed E-state index contributed by atoms with van der Waals surface area (Å²) in [6.07, 6.45) is 8.76. The minimum absolute atomic E-state index is 0. The number of unbranched alkanes of at least 4 members (excludes halogenated alkanes) is 2. The Bertz CT molecular complexity index is 160. The number of hydroxylamine groups is 1. The van der Waals surface area contributed by atoms with Gasteiger partial charge in [-0.3, -0.25) is 0 Å². The van der Waals surface area contributed by atoms with Crippen LogP contribution in [0.4, 0.5) is 0 Å². The zero-order valence-corrected chi connectivity index (χ0v) is 18.8. The van der Waals surface area contributed by atoms with Crippen molar-refractivity contribution in [2.75, 3.05) is 26.2 Å². The maximum absolute atomic E-state index is 5.24. The minimum Gasteiger partial charge on any atom is -0.533 e. The maximum Gasteiger partial charge on any atom is 1.00 e. The average Bonchev–Trinajstić information content (AvgIpc) is 2.45. The quantitative estimate of drug-likeness (QED) is 0.320. The van der Waals surface area contributed by atoms with Crippen molar-refractivity contribution >= 4 is 0 Å². The summed E-state index contributed by atoms with van der Waals surface area (Å²) in [7, 11) is 0. The van der Waals surface area contributed by atoms with Gasteiger partial charge >= 0.3 is 51.4 Å². The van der Waals surface area contributed by atoms with E-state index in [0.717, 1.165) is 38.6 Å². The third kappa shape index (κ3) is 30.0. The zero-order valence-electron chi connectivity index (χ0n) is 15.7. The van der Waals surface area contributed by atoms with E-state index in [1.165, 1.54) is 38.5 Å². The van der Waals surface area contributed by atoms with E-state index in [1.807, 2.05) is 0 Å². The van der Waals surface area contributed by atoms with Crippen LogP contribution in [0.1, 0.15) is 79.6 Å². The second-order valence-electron chi connectivity index (χ2n) is 5.51. The molecule has 0 amide bonds. The average molecular weight is 327 g/mol. The fourth-order valence-electron chi connectivity index (χ4n) is 1.58. The molecule has 21 heavy (non-hydrogen) atoms. The molecule has 0 aliphatic heterocycles.